The Balaban J connectivity index is 1.55. The van der Waals surface area contributed by atoms with Gasteiger partial charge in [-0.3, -0.25) is 0 Å². The summed E-state index contributed by atoms with van der Waals surface area (Å²) in [7, 11) is 0. The van der Waals surface area contributed by atoms with Crippen LogP contribution in [0.1, 0.15) is 69.8 Å². The SMILES string of the molecule is CCc1cccc2c1C1(c3ccccc3-c3ccccc31)c1ccccc1C21C2=C(CCC=C2)c2ccccc21. The Bertz CT molecular complexity index is 1900. The first-order valence-electron chi connectivity index (χ1n) is 14.7. The Morgan fingerprint density at radius 3 is 1.70 bits per heavy atom. The number of aryl methyl sites for hydroxylation is 1. The van der Waals surface area contributed by atoms with Crippen LogP contribution in [0.3, 0.4) is 0 Å². The maximum atomic E-state index is 2.46. The number of hydrogen-bond acceptors (Lipinski definition) is 0. The molecule has 0 heterocycles. The summed E-state index contributed by atoms with van der Waals surface area (Å²) in [4.78, 5) is 0. The van der Waals surface area contributed by atoms with Gasteiger partial charge in [0, 0.05) is 0 Å². The summed E-state index contributed by atoms with van der Waals surface area (Å²) < 4.78 is 0. The Morgan fingerprint density at radius 2 is 1.05 bits per heavy atom. The lowest BCUT2D eigenvalue weighted by atomic mass is 9.51. The van der Waals surface area contributed by atoms with Crippen molar-refractivity contribution in [1.29, 1.82) is 0 Å². The molecule has 9 rings (SSSR count). The van der Waals surface area contributed by atoms with Gasteiger partial charge in [-0.1, -0.05) is 134 Å². The first kappa shape index (κ1) is 22.4. The Labute approximate surface area is 236 Å². The van der Waals surface area contributed by atoms with Gasteiger partial charge >= 0.3 is 0 Å². The molecule has 40 heavy (non-hydrogen) atoms. The third-order valence-corrected chi connectivity index (χ3v) is 10.2. The third-order valence-electron chi connectivity index (χ3n) is 10.2. The molecule has 5 aromatic carbocycles. The van der Waals surface area contributed by atoms with Crippen LogP contribution in [0.5, 0.6) is 0 Å². The fourth-order valence-electron chi connectivity index (χ4n) is 8.96. The second-order valence-electron chi connectivity index (χ2n) is 11.7. The average molecular weight is 511 g/mol. The first-order valence-corrected chi connectivity index (χ1v) is 14.7. The predicted molar refractivity (Wildman–Crippen MR) is 165 cm³/mol. The van der Waals surface area contributed by atoms with Crippen LogP contribution in [0.2, 0.25) is 0 Å². The van der Waals surface area contributed by atoms with Crippen LogP contribution in [0, 0.1) is 0 Å². The van der Waals surface area contributed by atoms with Crippen LogP contribution >= 0.6 is 0 Å². The number of rotatable bonds is 1. The molecular weight excluding hydrogens is 480 g/mol. The second-order valence-corrected chi connectivity index (χ2v) is 11.7. The molecule has 5 aromatic rings. The summed E-state index contributed by atoms with van der Waals surface area (Å²) >= 11 is 0. The minimum atomic E-state index is -0.354. The van der Waals surface area contributed by atoms with E-state index in [0.29, 0.717) is 0 Å². The van der Waals surface area contributed by atoms with E-state index >= 15 is 0 Å². The van der Waals surface area contributed by atoms with Crippen molar-refractivity contribution < 1.29 is 0 Å². The highest BCUT2D eigenvalue weighted by Gasteiger charge is 2.59. The molecule has 0 amide bonds. The lowest BCUT2D eigenvalue weighted by Crippen LogP contribution is -2.44. The highest BCUT2D eigenvalue weighted by Crippen LogP contribution is 2.68. The van der Waals surface area contributed by atoms with Crippen LogP contribution in [0.4, 0.5) is 0 Å². The number of hydrogen-bond donors (Lipinski definition) is 0. The molecule has 2 spiro atoms. The lowest BCUT2D eigenvalue weighted by molar-refractivity contribution is 0.622. The van der Waals surface area contributed by atoms with Crippen molar-refractivity contribution in [2.24, 2.45) is 0 Å². The van der Waals surface area contributed by atoms with E-state index in [1.54, 1.807) is 0 Å². The molecule has 0 bridgehead atoms. The van der Waals surface area contributed by atoms with E-state index in [4.69, 9.17) is 0 Å². The largest absolute Gasteiger partial charge is 0.0839 e. The molecule has 1 unspecified atom stereocenters. The Hall–Kier alpha value is -4.42. The monoisotopic (exact) mass is 510 g/mol. The third kappa shape index (κ3) is 2.37. The minimum absolute atomic E-state index is 0.322. The minimum Gasteiger partial charge on any atom is -0.0839 e. The van der Waals surface area contributed by atoms with Gasteiger partial charge in [-0.2, -0.15) is 0 Å². The van der Waals surface area contributed by atoms with Gasteiger partial charge < -0.3 is 0 Å². The molecule has 4 aliphatic carbocycles. The lowest BCUT2D eigenvalue weighted by Gasteiger charge is -2.50. The van der Waals surface area contributed by atoms with Crippen LogP contribution in [-0.4, -0.2) is 0 Å². The van der Waals surface area contributed by atoms with Crippen molar-refractivity contribution in [3.8, 4) is 11.1 Å². The number of allylic oxidation sites excluding steroid dienone is 4. The zero-order chi connectivity index (χ0) is 26.5. The molecule has 0 nitrogen and oxygen atoms in total. The normalized spacial score (nSPS) is 20.1. The van der Waals surface area contributed by atoms with Crippen molar-refractivity contribution >= 4 is 5.57 Å². The molecule has 0 radical (unpaired) electrons. The molecule has 0 fully saturated rings. The molecule has 0 aromatic heterocycles. The van der Waals surface area contributed by atoms with Crippen LogP contribution < -0.4 is 0 Å². The fraction of sp³-hybridized carbons (Fsp3) is 0.150. The van der Waals surface area contributed by atoms with Crippen LogP contribution in [0.25, 0.3) is 16.7 Å². The fourth-order valence-corrected chi connectivity index (χ4v) is 8.96. The van der Waals surface area contributed by atoms with Gasteiger partial charge in [-0.15, -0.1) is 0 Å². The van der Waals surface area contributed by atoms with Crippen molar-refractivity contribution in [2.45, 2.75) is 37.0 Å². The van der Waals surface area contributed by atoms with E-state index in [1.807, 2.05) is 0 Å². The van der Waals surface area contributed by atoms with Gasteiger partial charge in [0.05, 0.1) is 10.8 Å². The van der Waals surface area contributed by atoms with Crippen molar-refractivity contribution in [3.05, 3.63) is 183 Å². The highest BCUT2D eigenvalue weighted by molar-refractivity contribution is 5.94. The molecule has 4 aliphatic rings. The van der Waals surface area contributed by atoms with Gasteiger partial charge in [0.25, 0.3) is 0 Å². The molecule has 190 valence electrons. The first-order chi connectivity index (χ1) is 19.8. The standard InChI is InChI=1S/C40H30/c1-2-26-14-13-25-37-38(26)40(33-21-9-5-17-29(33)30-18-6-10-22-34(30)40)36-24-12-11-23-35(36)39(37)31-19-7-3-15-27(31)28-16-4-8-20-32(28)39/h3,5-15,17-25H,2,4,16H2,1H3. The Kier molecular flexibility index (Phi) is 4.38. The predicted octanol–water partition coefficient (Wildman–Crippen LogP) is 9.38. The van der Waals surface area contributed by atoms with Gasteiger partial charge in [-0.25, -0.2) is 0 Å². The second kappa shape index (κ2) is 7.83. The Morgan fingerprint density at radius 1 is 0.525 bits per heavy atom. The van der Waals surface area contributed by atoms with Crippen LogP contribution in [-0.2, 0) is 17.3 Å². The van der Waals surface area contributed by atoms with Gasteiger partial charge in [-0.05, 0) is 91.6 Å². The van der Waals surface area contributed by atoms with E-state index in [-0.39, 0.29) is 10.8 Å². The summed E-state index contributed by atoms with van der Waals surface area (Å²) in [6.45, 7) is 2.33. The molecule has 0 saturated heterocycles. The summed E-state index contributed by atoms with van der Waals surface area (Å²) in [6.07, 6.45) is 8.08. The molecule has 0 N–H and O–H groups in total. The zero-order valence-electron chi connectivity index (χ0n) is 22.7. The topological polar surface area (TPSA) is 0 Å². The van der Waals surface area contributed by atoms with Crippen molar-refractivity contribution in [1.82, 2.24) is 0 Å². The van der Waals surface area contributed by atoms with E-state index in [0.717, 1.165) is 19.3 Å². The molecule has 0 saturated carbocycles. The maximum absolute atomic E-state index is 2.46. The van der Waals surface area contributed by atoms with Gasteiger partial charge in [0.15, 0.2) is 0 Å². The maximum Gasteiger partial charge on any atom is 0.0722 e. The zero-order valence-corrected chi connectivity index (χ0v) is 22.7. The number of benzene rings is 5. The van der Waals surface area contributed by atoms with E-state index in [2.05, 4.69) is 134 Å². The quantitative estimate of drug-likeness (QED) is 0.207. The van der Waals surface area contributed by atoms with E-state index < -0.39 is 0 Å². The highest BCUT2D eigenvalue weighted by atomic mass is 14.6. The van der Waals surface area contributed by atoms with Crippen molar-refractivity contribution in [2.75, 3.05) is 0 Å². The molecule has 0 aliphatic heterocycles. The van der Waals surface area contributed by atoms with E-state index in [9.17, 15) is 0 Å². The van der Waals surface area contributed by atoms with Crippen LogP contribution in [0.15, 0.2) is 133 Å². The average Bonchev–Trinajstić information content (AvgIpc) is 3.49. The van der Waals surface area contributed by atoms with Gasteiger partial charge in [0.1, 0.15) is 0 Å². The summed E-state index contributed by atoms with van der Waals surface area (Å²) in [5.74, 6) is 0. The summed E-state index contributed by atoms with van der Waals surface area (Å²) in [5, 5.41) is 0. The van der Waals surface area contributed by atoms with E-state index in [1.165, 1.54) is 72.3 Å². The van der Waals surface area contributed by atoms with Gasteiger partial charge in [0.2, 0.25) is 0 Å². The number of fused-ring (bicyclic) bond motifs is 15. The molecule has 0 heteroatoms. The summed E-state index contributed by atoms with van der Waals surface area (Å²) in [6, 6.07) is 44.2. The smallest absolute Gasteiger partial charge is 0.0722 e. The molecular formula is C40H30. The van der Waals surface area contributed by atoms with Crippen molar-refractivity contribution in [3.63, 3.8) is 0 Å². The summed E-state index contributed by atoms with van der Waals surface area (Å²) in [5.41, 5.74) is 18.1. The molecule has 1 atom stereocenters.